The van der Waals surface area contributed by atoms with Gasteiger partial charge >= 0.3 is 13.2 Å². The van der Waals surface area contributed by atoms with Gasteiger partial charge in [-0.25, -0.2) is 4.79 Å². The van der Waals surface area contributed by atoms with Crippen molar-refractivity contribution in [2.45, 2.75) is 116 Å². The van der Waals surface area contributed by atoms with Crippen molar-refractivity contribution in [1.82, 2.24) is 10.6 Å². The normalized spacial score (nSPS) is 19.5. The Balaban J connectivity index is 1.71. The van der Waals surface area contributed by atoms with Gasteiger partial charge in [0.25, 0.3) is 0 Å². The molecule has 0 saturated carbocycles. The van der Waals surface area contributed by atoms with Crippen molar-refractivity contribution in [3.63, 3.8) is 0 Å². The van der Waals surface area contributed by atoms with Crippen LogP contribution in [-0.4, -0.2) is 54.5 Å². The maximum absolute atomic E-state index is 13.6. The standard InChI is InChI=1S/C31H47BN2O6/c1-29(2,3)38-28(36)33-25(22-37-21-24-17-12-9-13-18-24)27(35)34-26(20-14-19-23-15-10-8-11-16-23)32-39-30(4,5)31(6,7)40-32/h9-10,12-13,15-18,25-26H,8,11,14,19-22H2,1-7H3,(H,33,36)(H,34,35). The zero-order valence-corrected chi connectivity index (χ0v) is 25.3. The number of carbonyl (C=O) groups is 2. The molecule has 0 aromatic heterocycles. The highest BCUT2D eigenvalue weighted by Crippen LogP contribution is 2.38. The predicted octanol–water partition coefficient (Wildman–Crippen LogP) is 5.66. The Kier molecular flexibility index (Phi) is 11.0. The van der Waals surface area contributed by atoms with Crippen LogP contribution < -0.4 is 10.6 Å². The van der Waals surface area contributed by atoms with Gasteiger partial charge in [-0.1, -0.05) is 54.1 Å². The SMILES string of the molecule is CC(C)(C)OC(=O)NC(COCc1ccccc1)C(=O)NC(CCCC1=CCCC=C1)B1OC(C)(C)C(C)(C)O1. The third-order valence-electron chi connectivity index (χ3n) is 7.38. The minimum absolute atomic E-state index is 0.0201. The summed E-state index contributed by atoms with van der Waals surface area (Å²) in [6, 6.07) is 8.71. The maximum atomic E-state index is 13.6. The first-order valence-corrected chi connectivity index (χ1v) is 14.4. The monoisotopic (exact) mass is 554 g/mol. The Morgan fingerprint density at radius 3 is 2.30 bits per heavy atom. The Labute approximate surface area is 240 Å². The number of rotatable bonds is 12. The maximum Gasteiger partial charge on any atom is 0.481 e. The van der Waals surface area contributed by atoms with Crippen LogP contribution in [0.15, 0.2) is 54.1 Å². The van der Waals surface area contributed by atoms with E-state index in [9.17, 15) is 9.59 Å². The number of benzene rings is 1. The molecule has 3 rings (SSSR count). The molecule has 1 saturated heterocycles. The average Bonchev–Trinajstić information content (AvgIpc) is 3.09. The van der Waals surface area contributed by atoms with E-state index in [2.05, 4.69) is 28.9 Å². The molecule has 2 N–H and O–H groups in total. The lowest BCUT2D eigenvalue weighted by molar-refractivity contribution is -0.125. The van der Waals surface area contributed by atoms with Crippen LogP contribution in [-0.2, 0) is 30.2 Å². The molecule has 1 fully saturated rings. The fraction of sp³-hybridized carbons (Fsp3) is 0.613. The molecule has 0 spiro atoms. The molecule has 1 aliphatic heterocycles. The molecule has 1 aromatic carbocycles. The highest BCUT2D eigenvalue weighted by Gasteiger charge is 2.54. The predicted molar refractivity (Wildman–Crippen MR) is 158 cm³/mol. The van der Waals surface area contributed by atoms with Crippen molar-refractivity contribution in [3.8, 4) is 0 Å². The van der Waals surface area contributed by atoms with Crippen LogP contribution in [0.2, 0.25) is 0 Å². The Hall–Kier alpha value is -2.62. The molecule has 1 heterocycles. The van der Waals surface area contributed by atoms with E-state index in [1.54, 1.807) is 20.8 Å². The third kappa shape index (κ3) is 9.79. The lowest BCUT2D eigenvalue weighted by Crippen LogP contribution is -2.56. The first-order chi connectivity index (χ1) is 18.8. The van der Waals surface area contributed by atoms with Crippen molar-refractivity contribution in [2.24, 2.45) is 0 Å². The summed E-state index contributed by atoms with van der Waals surface area (Å²) in [5.74, 6) is -0.797. The number of amides is 2. The summed E-state index contributed by atoms with van der Waals surface area (Å²) in [5, 5.41) is 5.81. The van der Waals surface area contributed by atoms with Gasteiger partial charge in [-0.15, -0.1) is 0 Å². The molecule has 2 unspecified atom stereocenters. The quantitative estimate of drug-likeness (QED) is 0.324. The van der Waals surface area contributed by atoms with Gasteiger partial charge in [0.05, 0.1) is 30.4 Å². The Bertz CT molecular complexity index is 1030. The molecular formula is C31H47BN2O6. The molecule has 9 heteroatoms. The number of carbonyl (C=O) groups excluding carboxylic acids is 2. The molecule has 40 heavy (non-hydrogen) atoms. The van der Waals surface area contributed by atoms with E-state index in [0.29, 0.717) is 13.0 Å². The second-order valence-electron chi connectivity index (χ2n) is 12.6. The van der Waals surface area contributed by atoms with Crippen molar-refractivity contribution < 1.29 is 28.4 Å². The highest BCUT2D eigenvalue weighted by molar-refractivity contribution is 6.48. The van der Waals surface area contributed by atoms with E-state index < -0.39 is 42.0 Å². The van der Waals surface area contributed by atoms with Gasteiger partial charge in [0.2, 0.25) is 5.91 Å². The molecule has 220 valence electrons. The lowest BCUT2D eigenvalue weighted by atomic mass is 9.75. The van der Waals surface area contributed by atoms with Gasteiger partial charge in [-0.05, 0) is 86.1 Å². The van der Waals surface area contributed by atoms with Crippen LogP contribution in [0.5, 0.6) is 0 Å². The smallest absolute Gasteiger partial charge is 0.444 e. The van der Waals surface area contributed by atoms with Crippen LogP contribution in [0.3, 0.4) is 0 Å². The summed E-state index contributed by atoms with van der Waals surface area (Å²) < 4.78 is 23.9. The zero-order chi connectivity index (χ0) is 29.4. The van der Waals surface area contributed by atoms with E-state index in [0.717, 1.165) is 31.2 Å². The number of ether oxygens (including phenoxy) is 2. The van der Waals surface area contributed by atoms with E-state index in [1.807, 2.05) is 58.0 Å². The second kappa shape index (κ2) is 13.8. The molecule has 2 atom stereocenters. The van der Waals surface area contributed by atoms with E-state index >= 15 is 0 Å². The fourth-order valence-electron chi connectivity index (χ4n) is 4.49. The van der Waals surface area contributed by atoms with Crippen LogP contribution >= 0.6 is 0 Å². The largest absolute Gasteiger partial charge is 0.481 e. The molecule has 2 aliphatic rings. The van der Waals surface area contributed by atoms with Gasteiger partial charge in [0.1, 0.15) is 11.6 Å². The van der Waals surface area contributed by atoms with Crippen LogP contribution in [0.25, 0.3) is 0 Å². The molecule has 0 bridgehead atoms. The summed E-state index contributed by atoms with van der Waals surface area (Å²) in [6.07, 6.45) is 10.5. The topological polar surface area (TPSA) is 95.1 Å². The summed E-state index contributed by atoms with van der Waals surface area (Å²) in [4.78, 5) is 26.3. The highest BCUT2D eigenvalue weighted by atomic mass is 16.7. The van der Waals surface area contributed by atoms with Crippen LogP contribution in [0.4, 0.5) is 4.79 Å². The number of hydrogen-bond acceptors (Lipinski definition) is 6. The van der Waals surface area contributed by atoms with E-state index in [1.165, 1.54) is 5.57 Å². The molecule has 2 amide bonds. The summed E-state index contributed by atoms with van der Waals surface area (Å²) in [6.45, 7) is 13.6. The van der Waals surface area contributed by atoms with Crippen LogP contribution in [0, 0.1) is 0 Å². The van der Waals surface area contributed by atoms with Gasteiger partial charge in [-0.3, -0.25) is 4.79 Å². The fourth-order valence-corrected chi connectivity index (χ4v) is 4.49. The molecular weight excluding hydrogens is 507 g/mol. The summed E-state index contributed by atoms with van der Waals surface area (Å²) in [5.41, 5.74) is 0.498. The van der Waals surface area contributed by atoms with E-state index in [4.69, 9.17) is 18.8 Å². The molecule has 1 aliphatic carbocycles. The molecule has 1 aromatic rings. The first-order valence-electron chi connectivity index (χ1n) is 14.4. The second-order valence-corrected chi connectivity index (χ2v) is 12.6. The van der Waals surface area contributed by atoms with Crippen molar-refractivity contribution in [3.05, 3.63) is 59.7 Å². The molecule has 8 nitrogen and oxygen atoms in total. The lowest BCUT2D eigenvalue weighted by Gasteiger charge is -2.32. The van der Waals surface area contributed by atoms with E-state index in [-0.39, 0.29) is 12.5 Å². The van der Waals surface area contributed by atoms with Gasteiger partial charge in [0.15, 0.2) is 0 Å². The summed E-state index contributed by atoms with van der Waals surface area (Å²) in [7, 11) is -0.628. The van der Waals surface area contributed by atoms with Gasteiger partial charge in [0, 0.05) is 0 Å². The summed E-state index contributed by atoms with van der Waals surface area (Å²) >= 11 is 0. The number of hydrogen-bond donors (Lipinski definition) is 2. The van der Waals surface area contributed by atoms with Crippen LogP contribution in [0.1, 0.15) is 86.1 Å². The average molecular weight is 555 g/mol. The Morgan fingerprint density at radius 1 is 1.02 bits per heavy atom. The number of nitrogens with one attached hydrogen (secondary N) is 2. The minimum atomic E-state index is -0.965. The van der Waals surface area contributed by atoms with Crippen molar-refractivity contribution in [1.29, 1.82) is 0 Å². The number of alkyl carbamates (subject to hydrolysis) is 1. The first kappa shape index (κ1) is 31.9. The van der Waals surface area contributed by atoms with Gasteiger partial charge < -0.3 is 29.4 Å². The third-order valence-corrected chi connectivity index (χ3v) is 7.38. The minimum Gasteiger partial charge on any atom is -0.444 e. The Morgan fingerprint density at radius 2 is 1.70 bits per heavy atom. The van der Waals surface area contributed by atoms with Crippen molar-refractivity contribution in [2.75, 3.05) is 6.61 Å². The van der Waals surface area contributed by atoms with Gasteiger partial charge in [-0.2, -0.15) is 0 Å². The molecule has 0 radical (unpaired) electrons. The number of allylic oxidation sites excluding steroid dienone is 4. The van der Waals surface area contributed by atoms with Crippen molar-refractivity contribution >= 4 is 19.1 Å². The zero-order valence-electron chi connectivity index (χ0n) is 25.3.